The highest BCUT2D eigenvalue weighted by Crippen LogP contribution is 2.25. The maximum Gasteiger partial charge on any atom is 0.257 e. The number of nitrogen functional groups attached to an aromatic ring is 1. The fourth-order valence-corrected chi connectivity index (χ4v) is 3.00. The summed E-state index contributed by atoms with van der Waals surface area (Å²) in [7, 11) is 0. The van der Waals surface area contributed by atoms with Gasteiger partial charge in [0.1, 0.15) is 0 Å². The number of hydrogen-bond donors (Lipinski definition) is 2. The summed E-state index contributed by atoms with van der Waals surface area (Å²) in [6.45, 7) is 0. The van der Waals surface area contributed by atoms with Crippen LogP contribution in [0.25, 0.3) is 10.1 Å². The Morgan fingerprint density at radius 1 is 1.15 bits per heavy atom. The van der Waals surface area contributed by atoms with Crippen LogP contribution in [0.15, 0.2) is 47.8 Å². The largest absolute Gasteiger partial charge is 0.399 e. The molecule has 0 aliphatic carbocycles. The second-order valence-electron chi connectivity index (χ2n) is 4.37. The van der Waals surface area contributed by atoms with E-state index in [1.807, 2.05) is 29.6 Å². The number of carbonyl (C=O) groups is 1. The lowest BCUT2D eigenvalue weighted by Gasteiger charge is -2.07. The van der Waals surface area contributed by atoms with E-state index in [1.165, 1.54) is 4.70 Å². The maximum atomic E-state index is 12.2. The van der Waals surface area contributed by atoms with Crippen LogP contribution in [0, 0.1) is 0 Å². The molecule has 1 amide bonds. The van der Waals surface area contributed by atoms with Gasteiger partial charge in [-0.15, -0.1) is 11.3 Å². The molecule has 0 saturated carbocycles. The lowest BCUT2D eigenvalue weighted by molar-refractivity contribution is 0.102. The molecule has 1 heterocycles. The van der Waals surface area contributed by atoms with E-state index in [-0.39, 0.29) is 5.91 Å². The van der Waals surface area contributed by atoms with Crippen molar-refractivity contribution in [2.45, 2.75) is 0 Å². The minimum Gasteiger partial charge on any atom is -0.399 e. The number of carbonyl (C=O) groups excluding carboxylic acids is 1. The first kappa shape index (κ1) is 13.0. The van der Waals surface area contributed by atoms with Crippen LogP contribution >= 0.6 is 22.9 Å². The van der Waals surface area contributed by atoms with Crippen molar-refractivity contribution in [1.82, 2.24) is 0 Å². The second kappa shape index (κ2) is 5.15. The zero-order chi connectivity index (χ0) is 14.1. The number of amides is 1. The molecular formula is C15H11ClN2OS. The highest BCUT2D eigenvalue weighted by Gasteiger charge is 2.11. The van der Waals surface area contributed by atoms with Gasteiger partial charge in [-0.25, -0.2) is 0 Å². The first-order valence-corrected chi connectivity index (χ1v) is 7.23. The number of nitrogens with two attached hydrogens (primary N) is 1. The molecule has 0 spiro atoms. The van der Waals surface area contributed by atoms with Gasteiger partial charge in [-0.05, 0) is 53.2 Å². The van der Waals surface area contributed by atoms with E-state index in [2.05, 4.69) is 5.32 Å². The summed E-state index contributed by atoms with van der Waals surface area (Å²) in [5, 5.41) is 6.32. The van der Waals surface area contributed by atoms with E-state index < -0.39 is 0 Å². The first-order valence-electron chi connectivity index (χ1n) is 5.97. The van der Waals surface area contributed by atoms with Crippen LogP contribution in [0.5, 0.6) is 0 Å². The molecule has 3 rings (SSSR count). The number of halogens is 1. The van der Waals surface area contributed by atoms with Gasteiger partial charge in [0.25, 0.3) is 5.91 Å². The molecule has 5 heteroatoms. The molecule has 0 aliphatic heterocycles. The first-order chi connectivity index (χ1) is 9.63. The van der Waals surface area contributed by atoms with Crippen molar-refractivity contribution in [1.29, 1.82) is 0 Å². The number of thiophene rings is 1. The molecule has 20 heavy (non-hydrogen) atoms. The molecule has 0 unspecified atom stereocenters. The summed E-state index contributed by atoms with van der Waals surface area (Å²) in [6, 6.07) is 12.7. The van der Waals surface area contributed by atoms with Gasteiger partial charge in [0.2, 0.25) is 0 Å². The van der Waals surface area contributed by atoms with Crippen LogP contribution in [0.3, 0.4) is 0 Å². The van der Waals surface area contributed by atoms with Crippen molar-refractivity contribution >= 4 is 50.3 Å². The predicted molar refractivity (Wildman–Crippen MR) is 85.6 cm³/mol. The Kier molecular flexibility index (Phi) is 3.34. The third-order valence-electron chi connectivity index (χ3n) is 2.95. The molecule has 0 atom stereocenters. The molecule has 3 aromatic rings. The van der Waals surface area contributed by atoms with Gasteiger partial charge in [0.15, 0.2) is 0 Å². The summed E-state index contributed by atoms with van der Waals surface area (Å²) in [5.41, 5.74) is 7.30. The van der Waals surface area contributed by atoms with Gasteiger partial charge in [-0.1, -0.05) is 11.6 Å². The van der Waals surface area contributed by atoms with E-state index in [9.17, 15) is 4.79 Å². The Morgan fingerprint density at radius 2 is 2.00 bits per heavy atom. The van der Waals surface area contributed by atoms with Gasteiger partial charge in [0.05, 0.1) is 10.6 Å². The molecule has 0 bridgehead atoms. The Bertz CT molecular complexity index is 797. The van der Waals surface area contributed by atoms with E-state index in [0.717, 1.165) is 11.1 Å². The third-order valence-corrected chi connectivity index (χ3v) is 4.16. The topological polar surface area (TPSA) is 55.1 Å². The Labute approximate surface area is 125 Å². The molecule has 0 saturated heterocycles. The van der Waals surface area contributed by atoms with Gasteiger partial charge < -0.3 is 11.1 Å². The minimum atomic E-state index is -0.246. The van der Waals surface area contributed by atoms with E-state index >= 15 is 0 Å². The lowest BCUT2D eigenvalue weighted by Crippen LogP contribution is -2.12. The highest BCUT2D eigenvalue weighted by molar-refractivity contribution is 7.17. The Balaban J connectivity index is 1.87. The molecule has 2 aromatic carbocycles. The third kappa shape index (κ3) is 2.48. The highest BCUT2D eigenvalue weighted by atomic mass is 35.5. The number of hydrogen-bond acceptors (Lipinski definition) is 3. The maximum absolute atomic E-state index is 12.2. The van der Waals surface area contributed by atoms with Crippen molar-refractivity contribution in [3.63, 3.8) is 0 Å². The van der Waals surface area contributed by atoms with Crippen molar-refractivity contribution in [3.8, 4) is 0 Å². The fraction of sp³-hybridized carbons (Fsp3) is 0. The second-order valence-corrected chi connectivity index (χ2v) is 5.72. The van der Waals surface area contributed by atoms with Crippen molar-refractivity contribution in [2.24, 2.45) is 0 Å². The summed E-state index contributed by atoms with van der Waals surface area (Å²) in [5.74, 6) is -0.246. The number of benzene rings is 2. The van der Waals surface area contributed by atoms with E-state index in [0.29, 0.717) is 16.3 Å². The standard InChI is InChI=1S/C15H11ClN2OS/c16-13-8-10(17)1-3-12(13)15(19)18-11-2-4-14-9(7-11)5-6-20-14/h1-8H,17H2,(H,18,19). The van der Waals surface area contributed by atoms with Crippen LogP contribution in [0.1, 0.15) is 10.4 Å². The van der Waals surface area contributed by atoms with Crippen LogP contribution < -0.4 is 11.1 Å². The van der Waals surface area contributed by atoms with Crippen LogP contribution in [-0.2, 0) is 0 Å². The van der Waals surface area contributed by atoms with Crippen LogP contribution in [0.4, 0.5) is 11.4 Å². The number of nitrogens with one attached hydrogen (secondary N) is 1. The minimum absolute atomic E-state index is 0.246. The smallest absolute Gasteiger partial charge is 0.257 e. The average molecular weight is 303 g/mol. The zero-order valence-electron chi connectivity index (χ0n) is 10.4. The summed E-state index contributed by atoms with van der Waals surface area (Å²) in [4.78, 5) is 12.2. The van der Waals surface area contributed by atoms with Crippen LogP contribution in [-0.4, -0.2) is 5.91 Å². The normalized spacial score (nSPS) is 10.7. The molecule has 3 N–H and O–H groups in total. The quantitative estimate of drug-likeness (QED) is 0.690. The fourth-order valence-electron chi connectivity index (χ4n) is 1.96. The van der Waals surface area contributed by atoms with Crippen molar-refractivity contribution in [2.75, 3.05) is 11.1 Å². The predicted octanol–water partition coefficient (Wildman–Crippen LogP) is 4.39. The van der Waals surface area contributed by atoms with E-state index in [1.54, 1.807) is 29.5 Å². The van der Waals surface area contributed by atoms with Gasteiger partial charge in [0, 0.05) is 16.1 Å². The van der Waals surface area contributed by atoms with Gasteiger partial charge in [-0.3, -0.25) is 4.79 Å². The summed E-state index contributed by atoms with van der Waals surface area (Å²) >= 11 is 7.70. The van der Waals surface area contributed by atoms with Gasteiger partial charge >= 0.3 is 0 Å². The monoisotopic (exact) mass is 302 g/mol. The lowest BCUT2D eigenvalue weighted by atomic mass is 10.2. The Hall–Kier alpha value is -2.04. The molecule has 0 radical (unpaired) electrons. The number of fused-ring (bicyclic) bond motifs is 1. The van der Waals surface area contributed by atoms with Crippen molar-refractivity contribution < 1.29 is 4.79 Å². The molecule has 0 fully saturated rings. The van der Waals surface area contributed by atoms with E-state index in [4.69, 9.17) is 17.3 Å². The molecular weight excluding hydrogens is 292 g/mol. The zero-order valence-corrected chi connectivity index (χ0v) is 12.0. The molecule has 100 valence electrons. The van der Waals surface area contributed by atoms with Crippen molar-refractivity contribution in [3.05, 3.63) is 58.4 Å². The van der Waals surface area contributed by atoms with Crippen LogP contribution in [0.2, 0.25) is 5.02 Å². The van der Waals surface area contributed by atoms with Gasteiger partial charge in [-0.2, -0.15) is 0 Å². The number of rotatable bonds is 2. The summed E-state index contributed by atoms with van der Waals surface area (Å²) < 4.78 is 1.19. The molecule has 0 aliphatic rings. The Morgan fingerprint density at radius 3 is 2.80 bits per heavy atom. The molecule has 1 aromatic heterocycles. The number of anilines is 2. The average Bonchev–Trinajstić information content (AvgIpc) is 2.85. The summed E-state index contributed by atoms with van der Waals surface area (Å²) in [6.07, 6.45) is 0. The SMILES string of the molecule is Nc1ccc(C(=O)Nc2ccc3sccc3c2)c(Cl)c1. The molecule has 3 nitrogen and oxygen atoms in total.